The van der Waals surface area contributed by atoms with Gasteiger partial charge >= 0.3 is 0 Å². The summed E-state index contributed by atoms with van der Waals surface area (Å²) in [4.78, 5) is 0. The van der Waals surface area contributed by atoms with Crippen LogP contribution in [0, 0.1) is 0 Å². The van der Waals surface area contributed by atoms with Crippen LogP contribution < -0.4 is 19.5 Å². The van der Waals surface area contributed by atoms with Crippen LogP contribution in [-0.2, 0) is 6.54 Å². The number of hydrogen-bond acceptors (Lipinski definition) is 5. The van der Waals surface area contributed by atoms with Gasteiger partial charge in [0, 0.05) is 18.8 Å². The Bertz CT molecular complexity index is 333. The van der Waals surface area contributed by atoms with E-state index in [1.807, 2.05) is 12.1 Å². The fourth-order valence-electron chi connectivity index (χ4n) is 1.55. The lowest BCUT2D eigenvalue weighted by Gasteiger charge is -2.14. The van der Waals surface area contributed by atoms with Gasteiger partial charge in [-0.05, 0) is 17.7 Å². The molecular formula is C12H19NO3S. The molecular weight excluding hydrogens is 238 g/mol. The predicted octanol–water partition coefficient (Wildman–Crippen LogP) is 1.73. The first-order valence-corrected chi connectivity index (χ1v) is 6.00. The van der Waals surface area contributed by atoms with Crippen LogP contribution >= 0.6 is 12.6 Å². The van der Waals surface area contributed by atoms with E-state index < -0.39 is 0 Å². The van der Waals surface area contributed by atoms with Crippen LogP contribution in [0.5, 0.6) is 17.2 Å². The van der Waals surface area contributed by atoms with Crippen LogP contribution in [0.15, 0.2) is 12.1 Å². The maximum Gasteiger partial charge on any atom is 0.203 e. The zero-order chi connectivity index (χ0) is 12.7. The maximum atomic E-state index is 5.28. The summed E-state index contributed by atoms with van der Waals surface area (Å²) in [6, 6.07) is 3.87. The van der Waals surface area contributed by atoms with Crippen molar-refractivity contribution in [2.24, 2.45) is 0 Å². The van der Waals surface area contributed by atoms with E-state index in [0.717, 1.165) is 24.4 Å². The molecule has 0 atom stereocenters. The van der Waals surface area contributed by atoms with Crippen LogP contribution in [0.3, 0.4) is 0 Å². The summed E-state index contributed by atoms with van der Waals surface area (Å²) < 4.78 is 15.8. The zero-order valence-electron chi connectivity index (χ0n) is 10.4. The Morgan fingerprint density at radius 2 is 1.65 bits per heavy atom. The predicted molar refractivity (Wildman–Crippen MR) is 71.7 cm³/mol. The smallest absolute Gasteiger partial charge is 0.203 e. The van der Waals surface area contributed by atoms with E-state index in [-0.39, 0.29) is 0 Å². The molecule has 4 nitrogen and oxygen atoms in total. The van der Waals surface area contributed by atoms with E-state index in [1.165, 1.54) is 0 Å². The van der Waals surface area contributed by atoms with Crippen molar-refractivity contribution in [2.45, 2.75) is 6.54 Å². The van der Waals surface area contributed by atoms with Crippen molar-refractivity contribution in [1.82, 2.24) is 5.32 Å². The molecule has 0 spiro atoms. The number of ether oxygens (including phenoxy) is 3. The number of thiol groups is 1. The number of methoxy groups -OCH3 is 3. The molecule has 17 heavy (non-hydrogen) atoms. The van der Waals surface area contributed by atoms with Gasteiger partial charge in [0.2, 0.25) is 5.75 Å². The van der Waals surface area contributed by atoms with Gasteiger partial charge in [-0.1, -0.05) is 0 Å². The average molecular weight is 257 g/mol. The molecule has 0 aliphatic carbocycles. The molecule has 1 aromatic rings. The molecule has 0 aromatic heterocycles. The molecule has 96 valence electrons. The quantitative estimate of drug-likeness (QED) is 0.576. The molecule has 0 unspecified atom stereocenters. The Labute approximate surface area is 108 Å². The van der Waals surface area contributed by atoms with Crippen LogP contribution in [0.2, 0.25) is 0 Å². The summed E-state index contributed by atoms with van der Waals surface area (Å²) in [6.07, 6.45) is 0. The Morgan fingerprint density at radius 3 is 2.06 bits per heavy atom. The highest BCUT2D eigenvalue weighted by Crippen LogP contribution is 2.38. The minimum Gasteiger partial charge on any atom is -0.493 e. The van der Waals surface area contributed by atoms with Gasteiger partial charge in [-0.25, -0.2) is 0 Å². The highest BCUT2D eigenvalue weighted by Gasteiger charge is 2.12. The topological polar surface area (TPSA) is 39.7 Å². The summed E-state index contributed by atoms with van der Waals surface area (Å²) in [6.45, 7) is 1.61. The van der Waals surface area contributed by atoms with Gasteiger partial charge in [0.1, 0.15) is 0 Å². The van der Waals surface area contributed by atoms with E-state index in [2.05, 4.69) is 17.9 Å². The minimum absolute atomic E-state index is 0.618. The van der Waals surface area contributed by atoms with Crippen molar-refractivity contribution >= 4 is 12.6 Å². The number of benzene rings is 1. The van der Waals surface area contributed by atoms with E-state index in [4.69, 9.17) is 14.2 Å². The molecule has 0 radical (unpaired) electrons. The number of rotatable bonds is 7. The third-order valence-electron chi connectivity index (χ3n) is 2.34. The van der Waals surface area contributed by atoms with Crippen LogP contribution in [0.4, 0.5) is 0 Å². The fourth-order valence-corrected chi connectivity index (χ4v) is 1.71. The summed E-state index contributed by atoms with van der Waals surface area (Å²) >= 11 is 4.14. The van der Waals surface area contributed by atoms with Crippen molar-refractivity contribution in [1.29, 1.82) is 0 Å². The Balaban J connectivity index is 2.92. The lowest BCUT2D eigenvalue weighted by Crippen LogP contribution is -2.15. The van der Waals surface area contributed by atoms with Crippen molar-refractivity contribution < 1.29 is 14.2 Å². The molecule has 1 aromatic carbocycles. The summed E-state index contributed by atoms with van der Waals surface area (Å²) in [7, 11) is 4.82. The second-order valence-corrected chi connectivity index (χ2v) is 3.88. The maximum absolute atomic E-state index is 5.28. The third kappa shape index (κ3) is 3.71. The first-order valence-electron chi connectivity index (χ1n) is 5.37. The van der Waals surface area contributed by atoms with Gasteiger partial charge < -0.3 is 19.5 Å². The normalized spacial score (nSPS) is 10.1. The van der Waals surface area contributed by atoms with Crippen molar-refractivity contribution in [3.05, 3.63) is 17.7 Å². The SMILES string of the molecule is COc1cc(CNCCS)cc(OC)c1OC. The lowest BCUT2D eigenvalue weighted by molar-refractivity contribution is 0.323. The fraction of sp³-hybridized carbons (Fsp3) is 0.500. The molecule has 0 bridgehead atoms. The van der Waals surface area contributed by atoms with Gasteiger partial charge in [0.05, 0.1) is 21.3 Å². The Kier molecular flexibility index (Phi) is 6.00. The van der Waals surface area contributed by atoms with E-state index in [0.29, 0.717) is 17.2 Å². The van der Waals surface area contributed by atoms with E-state index >= 15 is 0 Å². The summed E-state index contributed by atoms with van der Waals surface area (Å²) in [5, 5.41) is 3.26. The van der Waals surface area contributed by atoms with Gasteiger partial charge in [0.15, 0.2) is 11.5 Å². The van der Waals surface area contributed by atoms with E-state index in [1.54, 1.807) is 21.3 Å². The van der Waals surface area contributed by atoms with Gasteiger partial charge in [0.25, 0.3) is 0 Å². The third-order valence-corrected chi connectivity index (χ3v) is 2.57. The second-order valence-electron chi connectivity index (χ2n) is 3.43. The molecule has 1 N–H and O–H groups in total. The Morgan fingerprint density at radius 1 is 1.06 bits per heavy atom. The average Bonchev–Trinajstić information content (AvgIpc) is 2.37. The molecule has 5 heteroatoms. The molecule has 0 saturated heterocycles. The minimum atomic E-state index is 0.618. The first-order chi connectivity index (χ1) is 8.26. The first kappa shape index (κ1) is 14.0. The van der Waals surface area contributed by atoms with Crippen LogP contribution in [-0.4, -0.2) is 33.6 Å². The van der Waals surface area contributed by atoms with Gasteiger partial charge in [-0.2, -0.15) is 12.6 Å². The van der Waals surface area contributed by atoms with Crippen molar-refractivity contribution in [3.63, 3.8) is 0 Å². The molecule has 1 rings (SSSR count). The van der Waals surface area contributed by atoms with Crippen molar-refractivity contribution in [3.8, 4) is 17.2 Å². The highest BCUT2D eigenvalue weighted by molar-refractivity contribution is 7.80. The van der Waals surface area contributed by atoms with Crippen molar-refractivity contribution in [2.75, 3.05) is 33.6 Å². The second kappa shape index (κ2) is 7.29. The summed E-state index contributed by atoms with van der Waals surface area (Å²) in [5.74, 6) is 2.78. The molecule has 0 aliphatic rings. The molecule has 0 heterocycles. The highest BCUT2D eigenvalue weighted by atomic mass is 32.1. The largest absolute Gasteiger partial charge is 0.493 e. The molecule has 0 aliphatic heterocycles. The molecule has 0 saturated carbocycles. The summed E-state index contributed by atoms with van der Waals surface area (Å²) in [5.41, 5.74) is 1.08. The lowest BCUT2D eigenvalue weighted by atomic mass is 10.2. The number of hydrogen-bond donors (Lipinski definition) is 2. The zero-order valence-corrected chi connectivity index (χ0v) is 11.3. The Hall–Kier alpha value is -1.07. The standard InChI is InChI=1S/C12H19NO3S/c1-14-10-6-9(8-13-4-5-17)7-11(15-2)12(10)16-3/h6-7,13,17H,4-5,8H2,1-3H3. The van der Waals surface area contributed by atoms with Crippen LogP contribution in [0.1, 0.15) is 5.56 Å². The van der Waals surface area contributed by atoms with Crippen LogP contribution in [0.25, 0.3) is 0 Å². The van der Waals surface area contributed by atoms with Gasteiger partial charge in [-0.3, -0.25) is 0 Å². The van der Waals surface area contributed by atoms with E-state index in [9.17, 15) is 0 Å². The molecule has 0 amide bonds. The molecule has 0 fully saturated rings. The number of nitrogens with one attached hydrogen (secondary N) is 1. The monoisotopic (exact) mass is 257 g/mol. The van der Waals surface area contributed by atoms with Gasteiger partial charge in [-0.15, -0.1) is 0 Å².